The van der Waals surface area contributed by atoms with Gasteiger partial charge in [-0.3, -0.25) is 10.4 Å². The van der Waals surface area contributed by atoms with Gasteiger partial charge in [0, 0.05) is 32.9 Å². The zero-order valence-electron chi connectivity index (χ0n) is 9.97. The molecule has 1 aromatic rings. The third kappa shape index (κ3) is 4.70. The van der Waals surface area contributed by atoms with Crippen molar-refractivity contribution in [2.75, 3.05) is 32.9 Å². The van der Waals surface area contributed by atoms with E-state index >= 15 is 0 Å². The van der Waals surface area contributed by atoms with Crippen molar-refractivity contribution in [3.05, 3.63) is 24.3 Å². The minimum Gasteiger partial charge on any atom is -0.399 e. The van der Waals surface area contributed by atoms with Gasteiger partial charge in [-0.1, -0.05) is 6.07 Å². The summed E-state index contributed by atoms with van der Waals surface area (Å²) in [6, 6.07) is 6.20. The highest BCUT2D eigenvalue weighted by Gasteiger charge is 2.12. The lowest BCUT2D eigenvalue weighted by atomic mass is 10.3. The first-order valence-electron chi connectivity index (χ1n) is 5.18. The highest BCUT2D eigenvalue weighted by Crippen LogP contribution is 2.11. The molecule has 0 aliphatic rings. The number of anilines is 1. The summed E-state index contributed by atoms with van der Waals surface area (Å²) in [6.07, 6.45) is 0. The SMILES string of the molecule is CN(C)NCCNS(=O)(=O)c1cccc(N)c1. The molecule has 0 radical (unpaired) electrons. The summed E-state index contributed by atoms with van der Waals surface area (Å²) in [7, 11) is 0.210. The average molecular weight is 258 g/mol. The Labute approximate surface area is 102 Å². The first kappa shape index (κ1) is 13.9. The Morgan fingerprint density at radius 1 is 1.29 bits per heavy atom. The fraction of sp³-hybridized carbons (Fsp3) is 0.400. The molecule has 0 saturated carbocycles. The lowest BCUT2D eigenvalue weighted by molar-refractivity contribution is 0.293. The van der Waals surface area contributed by atoms with Gasteiger partial charge < -0.3 is 5.73 Å². The van der Waals surface area contributed by atoms with Crippen LogP contribution >= 0.6 is 0 Å². The number of nitrogens with one attached hydrogen (secondary N) is 2. The molecule has 0 atom stereocenters. The van der Waals surface area contributed by atoms with Crippen LogP contribution in [0.4, 0.5) is 5.69 Å². The lowest BCUT2D eigenvalue weighted by Gasteiger charge is -2.12. The van der Waals surface area contributed by atoms with Crippen LogP contribution < -0.4 is 15.9 Å². The number of nitrogens with two attached hydrogens (primary N) is 1. The number of sulfonamides is 1. The van der Waals surface area contributed by atoms with Gasteiger partial charge in [0.15, 0.2) is 0 Å². The van der Waals surface area contributed by atoms with Gasteiger partial charge in [0.05, 0.1) is 4.90 Å². The van der Waals surface area contributed by atoms with Crippen molar-refractivity contribution >= 4 is 15.7 Å². The molecule has 1 rings (SSSR count). The van der Waals surface area contributed by atoms with Crippen LogP contribution in [-0.4, -0.2) is 40.6 Å². The summed E-state index contributed by atoms with van der Waals surface area (Å²) in [4.78, 5) is 0.183. The highest BCUT2D eigenvalue weighted by atomic mass is 32.2. The van der Waals surface area contributed by atoms with Crippen LogP contribution in [0.5, 0.6) is 0 Å². The molecule has 0 bridgehead atoms. The Morgan fingerprint density at radius 2 is 2.00 bits per heavy atom. The van der Waals surface area contributed by atoms with Gasteiger partial charge in [0.2, 0.25) is 10.0 Å². The van der Waals surface area contributed by atoms with Gasteiger partial charge in [0.1, 0.15) is 0 Å². The Kier molecular flexibility index (Phi) is 4.88. The Hall–Kier alpha value is -1.15. The molecule has 6 nitrogen and oxygen atoms in total. The Balaban J connectivity index is 2.57. The van der Waals surface area contributed by atoms with Crippen LogP contribution in [0.1, 0.15) is 0 Å². The number of rotatable bonds is 6. The third-order valence-electron chi connectivity index (χ3n) is 2.01. The normalized spacial score (nSPS) is 11.9. The quantitative estimate of drug-likeness (QED) is 0.367. The van der Waals surface area contributed by atoms with Crippen molar-refractivity contribution in [3.63, 3.8) is 0 Å². The molecule has 0 spiro atoms. The smallest absolute Gasteiger partial charge is 0.240 e. The predicted octanol–water partition coefficient (Wildman–Crippen LogP) is -0.387. The zero-order valence-corrected chi connectivity index (χ0v) is 10.8. The van der Waals surface area contributed by atoms with Crippen molar-refractivity contribution in [2.45, 2.75) is 4.90 Å². The van der Waals surface area contributed by atoms with E-state index in [0.717, 1.165) is 0 Å². The largest absolute Gasteiger partial charge is 0.399 e. The van der Waals surface area contributed by atoms with E-state index in [1.54, 1.807) is 17.1 Å². The van der Waals surface area contributed by atoms with E-state index in [1.807, 2.05) is 14.1 Å². The van der Waals surface area contributed by atoms with E-state index in [9.17, 15) is 8.42 Å². The van der Waals surface area contributed by atoms with Gasteiger partial charge in [-0.15, -0.1) is 0 Å². The topological polar surface area (TPSA) is 87.5 Å². The Bertz CT molecular complexity index is 459. The fourth-order valence-electron chi connectivity index (χ4n) is 1.23. The molecule has 17 heavy (non-hydrogen) atoms. The minimum absolute atomic E-state index is 0.183. The molecule has 0 aromatic heterocycles. The van der Waals surface area contributed by atoms with Crippen LogP contribution in [-0.2, 0) is 10.0 Å². The van der Waals surface area contributed by atoms with Gasteiger partial charge in [-0.25, -0.2) is 13.1 Å². The number of benzene rings is 1. The molecule has 0 heterocycles. The molecule has 0 aliphatic heterocycles. The second kappa shape index (κ2) is 5.97. The standard InChI is InChI=1S/C10H18N4O2S/c1-14(2)12-6-7-13-17(15,16)10-5-3-4-9(11)8-10/h3-5,8,12-13H,6-7,11H2,1-2H3. The van der Waals surface area contributed by atoms with Crippen LogP contribution in [0.3, 0.4) is 0 Å². The number of hydrogen-bond acceptors (Lipinski definition) is 5. The van der Waals surface area contributed by atoms with E-state index in [4.69, 9.17) is 5.73 Å². The summed E-state index contributed by atoms with van der Waals surface area (Å²) < 4.78 is 26.1. The summed E-state index contributed by atoms with van der Waals surface area (Å²) in [5.74, 6) is 0. The summed E-state index contributed by atoms with van der Waals surface area (Å²) in [6.45, 7) is 0.837. The van der Waals surface area contributed by atoms with Gasteiger partial charge in [-0.05, 0) is 18.2 Å². The van der Waals surface area contributed by atoms with E-state index in [2.05, 4.69) is 10.1 Å². The number of nitrogen functional groups attached to an aromatic ring is 1. The second-order valence-corrected chi connectivity index (χ2v) is 5.54. The van der Waals surface area contributed by atoms with Crippen molar-refractivity contribution in [1.82, 2.24) is 15.2 Å². The molecular formula is C10H18N4O2S. The first-order valence-corrected chi connectivity index (χ1v) is 6.66. The molecule has 7 heteroatoms. The maximum absolute atomic E-state index is 11.8. The van der Waals surface area contributed by atoms with E-state index < -0.39 is 10.0 Å². The molecule has 0 amide bonds. The predicted molar refractivity (Wildman–Crippen MR) is 67.7 cm³/mol. The van der Waals surface area contributed by atoms with Crippen molar-refractivity contribution in [3.8, 4) is 0 Å². The number of hydrogen-bond donors (Lipinski definition) is 3. The van der Waals surface area contributed by atoms with Crippen LogP contribution in [0, 0.1) is 0 Å². The van der Waals surface area contributed by atoms with Crippen LogP contribution in [0.15, 0.2) is 29.2 Å². The molecule has 96 valence electrons. The number of nitrogens with zero attached hydrogens (tertiary/aromatic N) is 1. The van der Waals surface area contributed by atoms with Crippen molar-refractivity contribution in [2.24, 2.45) is 0 Å². The summed E-state index contributed by atoms with van der Waals surface area (Å²) in [5, 5.41) is 1.76. The molecule has 0 fully saturated rings. The number of hydrazine groups is 1. The van der Waals surface area contributed by atoms with Gasteiger partial charge >= 0.3 is 0 Å². The maximum Gasteiger partial charge on any atom is 0.240 e. The van der Waals surface area contributed by atoms with E-state index in [0.29, 0.717) is 18.8 Å². The minimum atomic E-state index is -3.47. The summed E-state index contributed by atoms with van der Waals surface area (Å²) in [5.41, 5.74) is 8.93. The van der Waals surface area contributed by atoms with Crippen LogP contribution in [0.25, 0.3) is 0 Å². The molecular weight excluding hydrogens is 240 g/mol. The lowest BCUT2D eigenvalue weighted by Crippen LogP contribution is -2.38. The van der Waals surface area contributed by atoms with E-state index in [-0.39, 0.29) is 4.90 Å². The molecule has 4 N–H and O–H groups in total. The van der Waals surface area contributed by atoms with Crippen LogP contribution in [0.2, 0.25) is 0 Å². The molecule has 1 aromatic carbocycles. The fourth-order valence-corrected chi connectivity index (χ4v) is 2.32. The first-order chi connectivity index (χ1) is 7.92. The zero-order chi connectivity index (χ0) is 12.9. The van der Waals surface area contributed by atoms with Crippen molar-refractivity contribution in [1.29, 1.82) is 0 Å². The Morgan fingerprint density at radius 3 is 2.59 bits per heavy atom. The van der Waals surface area contributed by atoms with Gasteiger partial charge in [0.25, 0.3) is 0 Å². The average Bonchev–Trinajstić information content (AvgIpc) is 2.24. The summed E-state index contributed by atoms with van der Waals surface area (Å²) >= 11 is 0. The van der Waals surface area contributed by atoms with Gasteiger partial charge in [-0.2, -0.15) is 0 Å². The molecule has 0 saturated heterocycles. The monoisotopic (exact) mass is 258 g/mol. The van der Waals surface area contributed by atoms with E-state index in [1.165, 1.54) is 12.1 Å². The third-order valence-corrected chi connectivity index (χ3v) is 3.47. The highest BCUT2D eigenvalue weighted by molar-refractivity contribution is 7.89. The molecule has 0 aliphatic carbocycles. The van der Waals surface area contributed by atoms with Crippen molar-refractivity contribution < 1.29 is 8.42 Å². The maximum atomic E-state index is 11.8. The molecule has 0 unspecified atom stereocenters. The second-order valence-electron chi connectivity index (χ2n) is 3.77.